The quantitative estimate of drug-likeness (QED) is 0.736. The maximum Gasteiger partial charge on any atom is 0.291 e. The molecule has 1 saturated heterocycles. The van der Waals surface area contributed by atoms with Crippen molar-refractivity contribution in [2.45, 2.75) is 46.0 Å². The first-order chi connectivity index (χ1) is 13.6. The standard InChI is InChI=1S/C22H26N4O2/c1-4-19-24-15(3)21(28-19)22(27)26-10-8-16(9-11-26)20-18(13-23-25-20)17-7-5-6-14(2)12-17/h5-7,12-13,16H,4,8-11H2,1-3H3,(H,23,25). The van der Waals surface area contributed by atoms with Crippen LogP contribution >= 0.6 is 0 Å². The van der Waals surface area contributed by atoms with E-state index in [0.29, 0.717) is 42.8 Å². The molecule has 6 nitrogen and oxygen atoms in total. The monoisotopic (exact) mass is 378 g/mol. The molecule has 1 fully saturated rings. The fourth-order valence-electron chi connectivity index (χ4n) is 3.97. The van der Waals surface area contributed by atoms with E-state index >= 15 is 0 Å². The number of nitrogens with one attached hydrogen (secondary N) is 1. The number of piperidine rings is 1. The molecule has 1 aromatic carbocycles. The first-order valence-electron chi connectivity index (χ1n) is 9.92. The van der Waals surface area contributed by atoms with E-state index < -0.39 is 0 Å². The molecule has 1 amide bonds. The van der Waals surface area contributed by atoms with E-state index in [4.69, 9.17) is 4.42 Å². The van der Waals surface area contributed by atoms with Gasteiger partial charge in [0.1, 0.15) is 0 Å². The lowest BCUT2D eigenvalue weighted by atomic mass is 9.89. The maximum absolute atomic E-state index is 12.8. The minimum Gasteiger partial charge on any atom is -0.435 e. The van der Waals surface area contributed by atoms with E-state index in [2.05, 4.69) is 46.4 Å². The van der Waals surface area contributed by atoms with Gasteiger partial charge in [-0.1, -0.05) is 36.8 Å². The highest BCUT2D eigenvalue weighted by molar-refractivity contribution is 5.92. The molecule has 0 radical (unpaired) electrons. The van der Waals surface area contributed by atoms with Crippen LogP contribution < -0.4 is 0 Å². The fourth-order valence-corrected chi connectivity index (χ4v) is 3.97. The van der Waals surface area contributed by atoms with Crippen LogP contribution in [0.25, 0.3) is 11.1 Å². The van der Waals surface area contributed by atoms with Crippen molar-refractivity contribution >= 4 is 5.91 Å². The summed E-state index contributed by atoms with van der Waals surface area (Å²) in [5.74, 6) is 1.32. The van der Waals surface area contributed by atoms with Gasteiger partial charge in [-0.3, -0.25) is 9.89 Å². The normalized spacial score (nSPS) is 15.2. The van der Waals surface area contributed by atoms with Crippen LogP contribution in [0.3, 0.4) is 0 Å². The third kappa shape index (κ3) is 3.46. The van der Waals surface area contributed by atoms with Crippen LogP contribution in [-0.4, -0.2) is 39.1 Å². The lowest BCUT2D eigenvalue weighted by molar-refractivity contribution is 0.0677. The molecule has 0 saturated carbocycles. The van der Waals surface area contributed by atoms with Crippen molar-refractivity contribution in [3.8, 4) is 11.1 Å². The van der Waals surface area contributed by atoms with Gasteiger partial charge in [-0.2, -0.15) is 5.10 Å². The molecule has 1 aliphatic heterocycles. The van der Waals surface area contributed by atoms with Crippen molar-refractivity contribution in [2.75, 3.05) is 13.1 Å². The number of hydrogen-bond donors (Lipinski definition) is 1. The molecule has 0 bridgehead atoms. The summed E-state index contributed by atoms with van der Waals surface area (Å²) >= 11 is 0. The summed E-state index contributed by atoms with van der Waals surface area (Å²) in [7, 11) is 0. The third-order valence-electron chi connectivity index (χ3n) is 5.53. The van der Waals surface area contributed by atoms with Crippen molar-refractivity contribution in [3.63, 3.8) is 0 Å². The van der Waals surface area contributed by atoms with Crippen LogP contribution in [-0.2, 0) is 6.42 Å². The maximum atomic E-state index is 12.8. The van der Waals surface area contributed by atoms with Crippen molar-refractivity contribution in [3.05, 3.63) is 59.1 Å². The van der Waals surface area contributed by atoms with E-state index in [-0.39, 0.29) is 5.91 Å². The number of likely N-dealkylation sites (tertiary alicyclic amines) is 1. The molecule has 1 aliphatic rings. The van der Waals surface area contributed by atoms with Gasteiger partial charge in [0.2, 0.25) is 5.76 Å². The number of oxazole rings is 1. The molecular weight excluding hydrogens is 352 g/mol. The molecule has 0 aliphatic carbocycles. The smallest absolute Gasteiger partial charge is 0.291 e. The van der Waals surface area contributed by atoms with E-state index in [9.17, 15) is 4.79 Å². The topological polar surface area (TPSA) is 75.0 Å². The van der Waals surface area contributed by atoms with Crippen LogP contribution in [0.5, 0.6) is 0 Å². The Bertz CT molecular complexity index is 980. The Kier molecular flexibility index (Phi) is 5.03. The van der Waals surface area contributed by atoms with Gasteiger partial charge in [0, 0.05) is 36.7 Å². The zero-order valence-corrected chi connectivity index (χ0v) is 16.7. The van der Waals surface area contributed by atoms with Crippen LogP contribution in [0.4, 0.5) is 0 Å². The van der Waals surface area contributed by atoms with Crippen LogP contribution in [0.2, 0.25) is 0 Å². The Labute approximate surface area is 165 Å². The van der Waals surface area contributed by atoms with Crippen molar-refractivity contribution < 1.29 is 9.21 Å². The number of amides is 1. The lowest BCUT2D eigenvalue weighted by Crippen LogP contribution is -2.38. The van der Waals surface area contributed by atoms with Crippen LogP contribution in [0.15, 0.2) is 34.9 Å². The second-order valence-corrected chi connectivity index (χ2v) is 7.51. The summed E-state index contributed by atoms with van der Waals surface area (Å²) in [5, 5.41) is 7.51. The number of carbonyl (C=O) groups excluding carboxylic acids is 1. The van der Waals surface area contributed by atoms with Crippen LogP contribution in [0.1, 0.15) is 59.1 Å². The van der Waals surface area contributed by atoms with Gasteiger partial charge < -0.3 is 9.32 Å². The van der Waals surface area contributed by atoms with Gasteiger partial charge in [0.05, 0.1) is 11.9 Å². The average molecular weight is 378 g/mol. The molecule has 0 spiro atoms. The van der Waals surface area contributed by atoms with Gasteiger partial charge in [-0.05, 0) is 32.3 Å². The van der Waals surface area contributed by atoms with E-state index in [1.807, 2.05) is 24.9 Å². The van der Waals surface area contributed by atoms with Crippen LogP contribution in [0, 0.1) is 13.8 Å². The summed E-state index contributed by atoms with van der Waals surface area (Å²) in [6, 6.07) is 8.48. The summed E-state index contributed by atoms with van der Waals surface area (Å²) < 4.78 is 5.65. The third-order valence-corrected chi connectivity index (χ3v) is 5.53. The highest BCUT2D eigenvalue weighted by Gasteiger charge is 2.29. The lowest BCUT2D eigenvalue weighted by Gasteiger charge is -2.31. The Morgan fingerprint density at radius 2 is 2.07 bits per heavy atom. The van der Waals surface area contributed by atoms with E-state index in [1.54, 1.807) is 0 Å². The first kappa shape index (κ1) is 18.5. The molecule has 0 atom stereocenters. The van der Waals surface area contributed by atoms with Gasteiger partial charge in [-0.15, -0.1) is 0 Å². The Hall–Kier alpha value is -2.89. The van der Waals surface area contributed by atoms with Gasteiger partial charge >= 0.3 is 0 Å². The first-order valence-corrected chi connectivity index (χ1v) is 9.92. The molecule has 3 heterocycles. The molecule has 4 rings (SSSR count). The number of carbonyl (C=O) groups is 1. The number of aryl methyl sites for hydroxylation is 3. The zero-order chi connectivity index (χ0) is 19.7. The number of benzene rings is 1. The number of aromatic nitrogens is 3. The average Bonchev–Trinajstić information content (AvgIpc) is 3.34. The molecule has 28 heavy (non-hydrogen) atoms. The highest BCUT2D eigenvalue weighted by Crippen LogP contribution is 2.34. The summed E-state index contributed by atoms with van der Waals surface area (Å²) in [5.41, 5.74) is 5.43. The highest BCUT2D eigenvalue weighted by atomic mass is 16.4. The number of rotatable bonds is 4. The summed E-state index contributed by atoms with van der Waals surface area (Å²) in [6.45, 7) is 7.32. The SMILES string of the molecule is CCc1nc(C)c(C(=O)N2CCC(c3[nH]ncc3-c3cccc(C)c3)CC2)o1. The molecule has 0 unspecified atom stereocenters. The zero-order valence-electron chi connectivity index (χ0n) is 16.7. The Balaban J connectivity index is 1.47. The van der Waals surface area contributed by atoms with Gasteiger partial charge in [-0.25, -0.2) is 4.98 Å². The second kappa shape index (κ2) is 7.62. The molecule has 3 aromatic rings. The number of hydrogen-bond acceptors (Lipinski definition) is 4. The molecule has 146 valence electrons. The van der Waals surface area contributed by atoms with E-state index in [0.717, 1.165) is 18.4 Å². The van der Waals surface area contributed by atoms with E-state index in [1.165, 1.54) is 16.8 Å². The molecule has 6 heteroatoms. The predicted molar refractivity (Wildman–Crippen MR) is 107 cm³/mol. The summed E-state index contributed by atoms with van der Waals surface area (Å²) in [6.07, 6.45) is 4.41. The minimum absolute atomic E-state index is 0.0494. The van der Waals surface area contributed by atoms with Crippen molar-refractivity contribution in [2.24, 2.45) is 0 Å². The molecular formula is C22H26N4O2. The minimum atomic E-state index is -0.0494. The number of H-pyrrole nitrogens is 1. The largest absolute Gasteiger partial charge is 0.435 e. The van der Waals surface area contributed by atoms with Crippen molar-refractivity contribution in [1.82, 2.24) is 20.1 Å². The van der Waals surface area contributed by atoms with Gasteiger partial charge in [0.15, 0.2) is 5.89 Å². The second-order valence-electron chi connectivity index (χ2n) is 7.51. The van der Waals surface area contributed by atoms with Crippen molar-refractivity contribution in [1.29, 1.82) is 0 Å². The summed E-state index contributed by atoms with van der Waals surface area (Å²) in [4.78, 5) is 19.0. The fraction of sp³-hybridized carbons (Fsp3) is 0.409. The Morgan fingerprint density at radius 3 is 2.75 bits per heavy atom. The number of nitrogens with zero attached hydrogens (tertiary/aromatic N) is 3. The Morgan fingerprint density at radius 1 is 1.29 bits per heavy atom. The number of aromatic amines is 1. The molecule has 1 N–H and O–H groups in total. The predicted octanol–water partition coefficient (Wildman–Crippen LogP) is 4.26. The van der Waals surface area contributed by atoms with Gasteiger partial charge in [0.25, 0.3) is 5.91 Å². The molecule has 2 aromatic heterocycles.